The quantitative estimate of drug-likeness (QED) is 0.594. The molecule has 0 rings (SSSR count). The van der Waals surface area contributed by atoms with Crippen molar-refractivity contribution in [2.75, 3.05) is 18.5 Å². The summed E-state index contributed by atoms with van der Waals surface area (Å²) in [5.41, 5.74) is 0. The molecule has 0 spiro atoms. The first kappa shape index (κ1) is 17.2. The van der Waals surface area contributed by atoms with Crippen LogP contribution < -0.4 is 0 Å². The molecule has 0 heterocycles. The van der Waals surface area contributed by atoms with Crippen molar-refractivity contribution in [2.45, 2.75) is 41.5 Å². The third-order valence-corrected chi connectivity index (χ3v) is 5.61. The lowest BCUT2D eigenvalue weighted by Crippen LogP contribution is -2.07. The Balaban J connectivity index is 0. The molecule has 88 valence electrons. The Labute approximate surface area is 99.4 Å². The van der Waals surface area contributed by atoms with Crippen molar-refractivity contribution in [2.24, 2.45) is 17.8 Å². The van der Waals surface area contributed by atoms with E-state index in [1.54, 1.807) is 0 Å². The van der Waals surface area contributed by atoms with Gasteiger partial charge in [-0.25, -0.2) is 0 Å². The van der Waals surface area contributed by atoms with Gasteiger partial charge in [-0.15, -0.1) is 7.92 Å². The van der Waals surface area contributed by atoms with Gasteiger partial charge in [-0.1, -0.05) is 41.5 Å². The van der Waals surface area contributed by atoms with Crippen molar-refractivity contribution in [1.82, 2.24) is 0 Å². The first-order valence-electron chi connectivity index (χ1n) is 5.64. The van der Waals surface area contributed by atoms with E-state index < -0.39 is 0 Å². The molecular formula is C12H29PS. The zero-order valence-electron chi connectivity index (χ0n) is 10.8. The summed E-state index contributed by atoms with van der Waals surface area (Å²) >= 11 is 0. The maximum absolute atomic E-state index is 2.36. The molecule has 0 atom stereocenters. The van der Waals surface area contributed by atoms with Crippen LogP contribution in [-0.4, -0.2) is 18.5 Å². The summed E-state index contributed by atoms with van der Waals surface area (Å²) in [6.45, 7) is 14.1. The SMILES string of the molecule is CC(C)CP(CC(C)C)CC(C)C.S. The Hall–Kier alpha value is 0.780. The minimum absolute atomic E-state index is 0. The second-order valence-electron chi connectivity index (χ2n) is 5.40. The average Bonchev–Trinajstić information content (AvgIpc) is 1.80. The van der Waals surface area contributed by atoms with Crippen LogP contribution in [0.15, 0.2) is 0 Å². The van der Waals surface area contributed by atoms with Crippen molar-refractivity contribution in [3.8, 4) is 0 Å². The van der Waals surface area contributed by atoms with Gasteiger partial charge in [-0.3, -0.25) is 0 Å². The smallest absolute Gasteiger partial charge is 0.0302 e. The van der Waals surface area contributed by atoms with E-state index in [4.69, 9.17) is 0 Å². The summed E-state index contributed by atoms with van der Waals surface area (Å²) in [6.07, 6.45) is 4.43. The molecule has 0 radical (unpaired) electrons. The van der Waals surface area contributed by atoms with Crippen LogP contribution in [0.3, 0.4) is 0 Å². The van der Waals surface area contributed by atoms with Crippen LogP contribution >= 0.6 is 21.4 Å². The highest BCUT2D eigenvalue weighted by atomic mass is 32.1. The van der Waals surface area contributed by atoms with E-state index >= 15 is 0 Å². The van der Waals surface area contributed by atoms with Crippen LogP contribution in [0, 0.1) is 17.8 Å². The Morgan fingerprint density at radius 2 is 0.857 bits per heavy atom. The molecule has 0 aromatic carbocycles. The van der Waals surface area contributed by atoms with E-state index in [2.05, 4.69) is 41.5 Å². The second-order valence-corrected chi connectivity index (χ2v) is 7.84. The van der Waals surface area contributed by atoms with Gasteiger partial charge in [0.15, 0.2) is 0 Å². The minimum Gasteiger partial charge on any atom is -0.197 e. The van der Waals surface area contributed by atoms with Gasteiger partial charge >= 0.3 is 0 Å². The first-order valence-corrected chi connectivity index (χ1v) is 7.53. The summed E-state index contributed by atoms with van der Waals surface area (Å²) in [6, 6.07) is 0. The molecule has 0 amide bonds. The summed E-state index contributed by atoms with van der Waals surface area (Å²) in [7, 11) is 0.321. The van der Waals surface area contributed by atoms with Gasteiger partial charge in [0.25, 0.3) is 0 Å². The Morgan fingerprint density at radius 1 is 0.643 bits per heavy atom. The molecule has 0 fully saturated rings. The predicted molar refractivity (Wildman–Crippen MR) is 76.4 cm³/mol. The summed E-state index contributed by atoms with van der Waals surface area (Å²) in [5, 5.41) is 0. The van der Waals surface area contributed by atoms with E-state index in [9.17, 15) is 0 Å². The Morgan fingerprint density at radius 3 is 1.00 bits per heavy atom. The summed E-state index contributed by atoms with van der Waals surface area (Å²) in [5.74, 6) is 2.68. The normalized spacial score (nSPS) is 11.6. The number of hydrogen-bond donors (Lipinski definition) is 0. The van der Waals surface area contributed by atoms with Crippen LogP contribution in [0.4, 0.5) is 0 Å². The molecule has 14 heavy (non-hydrogen) atoms. The predicted octanol–water partition coefficient (Wildman–Crippen LogP) is 4.55. The lowest BCUT2D eigenvalue weighted by Gasteiger charge is -2.23. The molecule has 0 nitrogen and oxygen atoms in total. The first-order chi connectivity index (χ1) is 5.91. The van der Waals surface area contributed by atoms with Crippen molar-refractivity contribution in [3.05, 3.63) is 0 Å². The summed E-state index contributed by atoms with van der Waals surface area (Å²) in [4.78, 5) is 0. The van der Waals surface area contributed by atoms with Crippen LogP contribution in [-0.2, 0) is 0 Å². The molecule has 0 bridgehead atoms. The molecular weight excluding hydrogens is 207 g/mol. The highest BCUT2D eigenvalue weighted by molar-refractivity contribution is 7.59. The lowest BCUT2D eigenvalue weighted by molar-refractivity contribution is 0.695. The topological polar surface area (TPSA) is 0 Å². The molecule has 0 aliphatic rings. The molecule has 0 unspecified atom stereocenters. The summed E-state index contributed by atoms with van der Waals surface area (Å²) < 4.78 is 0. The monoisotopic (exact) mass is 236 g/mol. The molecule has 0 saturated heterocycles. The van der Waals surface area contributed by atoms with Gasteiger partial charge in [-0.2, -0.15) is 13.5 Å². The van der Waals surface area contributed by atoms with Crippen LogP contribution in [0.5, 0.6) is 0 Å². The van der Waals surface area contributed by atoms with E-state index in [1.807, 2.05) is 0 Å². The number of hydrogen-bond acceptors (Lipinski definition) is 0. The van der Waals surface area contributed by atoms with Crippen molar-refractivity contribution in [1.29, 1.82) is 0 Å². The molecule has 0 aromatic rings. The van der Waals surface area contributed by atoms with Gasteiger partial charge in [0.1, 0.15) is 0 Å². The van der Waals surface area contributed by atoms with Gasteiger partial charge in [0, 0.05) is 0 Å². The average molecular weight is 236 g/mol. The van der Waals surface area contributed by atoms with Crippen molar-refractivity contribution in [3.63, 3.8) is 0 Å². The second kappa shape index (κ2) is 9.04. The van der Waals surface area contributed by atoms with Crippen LogP contribution in [0.2, 0.25) is 0 Å². The maximum Gasteiger partial charge on any atom is -0.0302 e. The Bertz CT molecular complexity index is 97.7. The standard InChI is InChI=1S/C12H27P.H2S/c1-10(2)7-13(8-11(3)4)9-12(5)6;/h10-12H,7-9H2,1-6H3;1H2. The van der Waals surface area contributed by atoms with E-state index in [0.717, 1.165) is 17.8 Å². The largest absolute Gasteiger partial charge is 0.197 e. The third-order valence-electron chi connectivity index (χ3n) is 1.87. The fourth-order valence-electron chi connectivity index (χ4n) is 1.77. The fraction of sp³-hybridized carbons (Fsp3) is 1.00. The number of rotatable bonds is 6. The van der Waals surface area contributed by atoms with E-state index in [-0.39, 0.29) is 13.5 Å². The lowest BCUT2D eigenvalue weighted by atomic mass is 10.3. The van der Waals surface area contributed by atoms with E-state index in [0.29, 0.717) is 7.92 Å². The molecule has 0 aliphatic heterocycles. The zero-order chi connectivity index (χ0) is 10.4. The highest BCUT2D eigenvalue weighted by Gasteiger charge is 2.13. The van der Waals surface area contributed by atoms with Gasteiger partial charge in [-0.05, 0) is 36.2 Å². The molecule has 0 N–H and O–H groups in total. The molecule has 0 aromatic heterocycles. The minimum atomic E-state index is 0. The molecule has 0 saturated carbocycles. The Kier molecular flexibility index (Phi) is 11.1. The van der Waals surface area contributed by atoms with Crippen LogP contribution in [0.25, 0.3) is 0 Å². The molecule has 2 heteroatoms. The maximum atomic E-state index is 2.36. The van der Waals surface area contributed by atoms with Gasteiger partial charge in [0.05, 0.1) is 0 Å². The zero-order valence-corrected chi connectivity index (χ0v) is 12.7. The van der Waals surface area contributed by atoms with Crippen molar-refractivity contribution < 1.29 is 0 Å². The van der Waals surface area contributed by atoms with Gasteiger partial charge in [0.2, 0.25) is 0 Å². The molecule has 0 aliphatic carbocycles. The van der Waals surface area contributed by atoms with E-state index in [1.165, 1.54) is 18.5 Å². The van der Waals surface area contributed by atoms with Gasteiger partial charge < -0.3 is 0 Å². The van der Waals surface area contributed by atoms with Crippen molar-refractivity contribution >= 4 is 21.4 Å². The fourth-order valence-corrected chi connectivity index (χ4v) is 5.32. The van der Waals surface area contributed by atoms with Crippen LogP contribution in [0.1, 0.15) is 41.5 Å². The highest BCUT2D eigenvalue weighted by Crippen LogP contribution is 2.41. The third kappa shape index (κ3) is 10.9.